The van der Waals surface area contributed by atoms with Crippen molar-refractivity contribution in [3.05, 3.63) is 17.5 Å². The van der Waals surface area contributed by atoms with E-state index < -0.39 is 0 Å². The van der Waals surface area contributed by atoms with Crippen LogP contribution in [-0.2, 0) is 24.1 Å². The first-order valence-corrected chi connectivity index (χ1v) is 7.86. The van der Waals surface area contributed by atoms with Crippen LogP contribution >= 0.6 is 24.2 Å². The van der Waals surface area contributed by atoms with E-state index in [-0.39, 0.29) is 18.5 Å². The zero-order valence-electron chi connectivity index (χ0n) is 12.5. The molecule has 1 saturated heterocycles. The van der Waals surface area contributed by atoms with Gasteiger partial charge in [0.25, 0.3) is 5.89 Å². The van der Waals surface area contributed by atoms with E-state index >= 15 is 0 Å². The molecule has 1 aliphatic rings. The Morgan fingerprint density at radius 1 is 1.41 bits per heavy atom. The third kappa shape index (κ3) is 3.78. The van der Waals surface area contributed by atoms with Gasteiger partial charge in [-0.05, 0) is 19.9 Å². The van der Waals surface area contributed by atoms with Gasteiger partial charge in [-0.3, -0.25) is 0 Å². The van der Waals surface area contributed by atoms with Crippen LogP contribution < -0.4 is 5.32 Å². The maximum absolute atomic E-state index is 5.53. The predicted octanol–water partition coefficient (Wildman–Crippen LogP) is 1.48. The average molecular weight is 347 g/mol. The van der Waals surface area contributed by atoms with Crippen LogP contribution in [0.4, 0.5) is 0 Å². The monoisotopic (exact) mass is 346 g/mol. The van der Waals surface area contributed by atoms with Crippen molar-refractivity contribution in [2.45, 2.75) is 36.4 Å². The summed E-state index contributed by atoms with van der Waals surface area (Å²) in [7, 11) is 3.83. The summed E-state index contributed by atoms with van der Waals surface area (Å²) in [6.07, 6.45) is 1.96. The molecule has 1 unspecified atom stereocenters. The number of aromatic nitrogens is 5. The van der Waals surface area contributed by atoms with Crippen molar-refractivity contribution >= 4 is 24.2 Å². The molecule has 22 heavy (non-hydrogen) atoms. The smallest absolute Gasteiger partial charge is 0.255 e. The van der Waals surface area contributed by atoms with Crippen molar-refractivity contribution in [2.24, 2.45) is 7.05 Å². The summed E-state index contributed by atoms with van der Waals surface area (Å²) in [5.41, 5.74) is 0. The summed E-state index contributed by atoms with van der Waals surface area (Å²) in [5, 5.41) is 16.2. The molecule has 1 N–H and O–H groups in total. The molecule has 0 aromatic carbocycles. The highest BCUT2D eigenvalue weighted by molar-refractivity contribution is 7.98. The number of thioether (sulfide) groups is 1. The number of nitrogens with one attached hydrogen (secondary N) is 1. The molecule has 1 atom stereocenters. The van der Waals surface area contributed by atoms with Crippen molar-refractivity contribution in [3.8, 4) is 0 Å². The first-order chi connectivity index (χ1) is 10.3. The maximum Gasteiger partial charge on any atom is 0.255 e. The molecule has 2 aromatic heterocycles. The van der Waals surface area contributed by atoms with Gasteiger partial charge in [-0.15, -0.1) is 22.6 Å². The third-order valence-corrected chi connectivity index (χ3v) is 4.30. The summed E-state index contributed by atoms with van der Waals surface area (Å²) in [4.78, 5) is 4.39. The van der Waals surface area contributed by atoms with Gasteiger partial charge in [0.15, 0.2) is 11.0 Å². The van der Waals surface area contributed by atoms with Gasteiger partial charge >= 0.3 is 0 Å². The molecule has 1 fully saturated rings. The normalized spacial score (nSPS) is 17.6. The zero-order valence-corrected chi connectivity index (χ0v) is 14.1. The fourth-order valence-electron chi connectivity index (χ4n) is 2.14. The number of rotatable bonds is 6. The van der Waals surface area contributed by atoms with Crippen LogP contribution in [0.5, 0.6) is 0 Å². The standard InChI is InChI=1S/C12H18N6O2S.ClH/c1-13-6-10-15-16-12(18(10)2)21-7-9-14-11(20-17-9)8-4-3-5-19-8;/h8,13H,3-7H2,1-2H3;1H. The Morgan fingerprint density at radius 3 is 3.00 bits per heavy atom. The first-order valence-electron chi connectivity index (χ1n) is 6.87. The van der Waals surface area contributed by atoms with Crippen molar-refractivity contribution < 1.29 is 9.26 Å². The van der Waals surface area contributed by atoms with E-state index in [9.17, 15) is 0 Å². The largest absolute Gasteiger partial charge is 0.368 e. The Hall–Kier alpha value is -1.16. The van der Waals surface area contributed by atoms with Gasteiger partial charge in [0, 0.05) is 13.7 Å². The SMILES string of the molecule is CNCc1nnc(SCc2noc(C3CCCO3)n2)n1C.Cl. The summed E-state index contributed by atoms with van der Waals surface area (Å²) in [6.45, 7) is 1.46. The van der Waals surface area contributed by atoms with Gasteiger partial charge in [0.05, 0.1) is 12.3 Å². The van der Waals surface area contributed by atoms with Gasteiger partial charge in [-0.1, -0.05) is 16.9 Å². The Labute approximate surface area is 138 Å². The molecule has 122 valence electrons. The zero-order chi connectivity index (χ0) is 14.7. The highest BCUT2D eigenvalue weighted by atomic mass is 35.5. The van der Waals surface area contributed by atoms with E-state index in [0.717, 1.165) is 30.4 Å². The van der Waals surface area contributed by atoms with Crippen LogP contribution in [0.2, 0.25) is 0 Å². The highest BCUT2D eigenvalue weighted by Gasteiger charge is 2.24. The molecule has 0 amide bonds. The van der Waals surface area contributed by atoms with E-state index in [1.165, 1.54) is 11.8 Å². The second-order valence-electron chi connectivity index (χ2n) is 4.83. The Bertz CT molecular complexity index is 598. The van der Waals surface area contributed by atoms with Crippen molar-refractivity contribution in [1.29, 1.82) is 0 Å². The molecule has 8 nitrogen and oxygen atoms in total. The van der Waals surface area contributed by atoms with Gasteiger partial charge in [-0.2, -0.15) is 4.98 Å². The lowest BCUT2D eigenvalue weighted by molar-refractivity contribution is 0.0835. The van der Waals surface area contributed by atoms with Gasteiger partial charge in [0.2, 0.25) is 0 Å². The minimum Gasteiger partial charge on any atom is -0.368 e. The van der Waals surface area contributed by atoms with E-state index in [4.69, 9.17) is 9.26 Å². The number of hydrogen-bond acceptors (Lipinski definition) is 8. The summed E-state index contributed by atoms with van der Waals surface area (Å²) >= 11 is 1.54. The molecule has 0 saturated carbocycles. The molecule has 2 aromatic rings. The second kappa shape index (κ2) is 7.91. The molecule has 3 heterocycles. The number of nitrogens with zero attached hydrogens (tertiary/aromatic N) is 5. The van der Waals surface area contributed by atoms with Gasteiger partial charge in [-0.25, -0.2) is 0 Å². The number of halogens is 1. The van der Waals surface area contributed by atoms with Crippen LogP contribution in [0.1, 0.15) is 36.5 Å². The Morgan fingerprint density at radius 2 is 2.27 bits per heavy atom. The van der Waals surface area contributed by atoms with E-state index in [1.54, 1.807) is 0 Å². The summed E-state index contributed by atoms with van der Waals surface area (Å²) in [6, 6.07) is 0. The molecular formula is C12H19ClN6O2S. The van der Waals surface area contributed by atoms with Gasteiger partial charge in [0.1, 0.15) is 11.9 Å². The molecule has 10 heteroatoms. The third-order valence-electron chi connectivity index (χ3n) is 3.28. The van der Waals surface area contributed by atoms with E-state index in [1.807, 2.05) is 18.7 Å². The molecular weight excluding hydrogens is 328 g/mol. The fraction of sp³-hybridized carbons (Fsp3) is 0.667. The first kappa shape index (κ1) is 17.2. The lowest BCUT2D eigenvalue weighted by Crippen LogP contribution is -2.10. The topological polar surface area (TPSA) is 90.9 Å². The maximum atomic E-state index is 5.53. The minimum absolute atomic E-state index is 0. The minimum atomic E-state index is -0.0340. The van der Waals surface area contributed by atoms with E-state index in [2.05, 4.69) is 25.7 Å². The molecule has 0 bridgehead atoms. The van der Waals surface area contributed by atoms with Crippen LogP contribution in [0, 0.1) is 0 Å². The Balaban J connectivity index is 0.00000176. The summed E-state index contributed by atoms with van der Waals surface area (Å²) in [5.74, 6) is 2.73. The number of ether oxygens (including phenoxy) is 1. The fourth-order valence-corrected chi connectivity index (χ4v) is 2.91. The highest BCUT2D eigenvalue weighted by Crippen LogP contribution is 2.28. The second-order valence-corrected chi connectivity index (χ2v) is 5.77. The van der Waals surface area contributed by atoms with Crippen molar-refractivity contribution in [2.75, 3.05) is 13.7 Å². The molecule has 0 radical (unpaired) electrons. The summed E-state index contributed by atoms with van der Waals surface area (Å²) < 4.78 is 12.7. The molecule has 0 aliphatic carbocycles. The van der Waals surface area contributed by atoms with Crippen molar-refractivity contribution in [1.82, 2.24) is 30.2 Å². The molecule has 3 rings (SSSR count). The predicted molar refractivity (Wildman–Crippen MR) is 82.8 cm³/mol. The van der Waals surface area contributed by atoms with Gasteiger partial charge < -0.3 is 19.1 Å². The van der Waals surface area contributed by atoms with Crippen LogP contribution in [-0.4, -0.2) is 38.6 Å². The molecule has 1 aliphatic heterocycles. The quantitative estimate of drug-likeness (QED) is 0.786. The van der Waals surface area contributed by atoms with E-state index in [0.29, 0.717) is 24.0 Å². The van der Waals surface area contributed by atoms with Crippen molar-refractivity contribution in [3.63, 3.8) is 0 Å². The molecule has 0 spiro atoms. The van der Waals surface area contributed by atoms with Crippen LogP contribution in [0.25, 0.3) is 0 Å². The average Bonchev–Trinajstić information content (AvgIpc) is 3.19. The van der Waals surface area contributed by atoms with Crippen LogP contribution in [0.15, 0.2) is 9.68 Å². The van der Waals surface area contributed by atoms with Crippen LogP contribution in [0.3, 0.4) is 0 Å². The lowest BCUT2D eigenvalue weighted by atomic mass is 10.2. The lowest BCUT2D eigenvalue weighted by Gasteiger charge is -2.01. The number of hydrogen-bond donors (Lipinski definition) is 1. The Kier molecular flexibility index (Phi) is 6.18.